The van der Waals surface area contributed by atoms with Gasteiger partial charge < -0.3 is 19.6 Å². The monoisotopic (exact) mass is 383 g/mol. The molecule has 1 saturated heterocycles. The number of ether oxygens (including phenoxy) is 1. The van der Waals surface area contributed by atoms with Crippen molar-refractivity contribution in [2.45, 2.75) is 25.4 Å². The highest BCUT2D eigenvalue weighted by Gasteiger charge is 2.31. The van der Waals surface area contributed by atoms with E-state index in [1.54, 1.807) is 24.5 Å². The fraction of sp³-hybridized carbons (Fsp3) is 0.389. The molecule has 2 N–H and O–H groups in total. The highest BCUT2D eigenvalue weighted by molar-refractivity contribution is 5.90. The van der Waals surface area contributed by atoms with Crippen molar-refractivity contribution in [3.05, 3.63) is 42.4 Å². The second-order valence-corrected chi connectivity index (χ2v) is 6.53. The second-order valence-electron chi connectivity index (χ2n) is 6.53. The largest absolute Gasteiger partial charge is 0.375 e. The smallest absolute Gasteiger partial charge is 0.251 e. The summed E-state index contributed by atoms with van der Waals surface area (Å²) in [5, 5.41) is 6.74. The van der Waals surface area contributed by atoms with Crippen LogP contribution in [0, 0.1) is 0 Å². The van der Waals surface area contributed by atoms with Gasteiger partial charge in [0.1, 0.15) is 18.2 Å². The standard InChI is InChI=1S/C18H21N7O3/c1-27-11-16(26)22-14-5-4-12(9-21-14)17-23-18(28-24-17)13-3-2-8-25(13)10-15-19-6-7-20-15/h4-7,9,13H,2-3,8,10-11H2,1H3,(H,19,20)(H,21,22,26)/t13-/m0/s1. The molecule has 3 aromatic heterocycles. The molecule has 3 aromatic rings. The minimum absolute atomic E-state index is 0.0203. The molecule has 10 nitrogen and oxygen atoms in total. The fourth-order valence-electron chi connectivity index (χ4n) is 3.27. The Bertz CT molecular complexity index is 908. The molecule has 0 aromatic carbocycles. The van der Waals surface area contributed by atoms with Gasteiger partial charge >= 0.3 is 0 Å². The number of likely N-dealkylation sites (tertiary alicyclic amines) is 1. The Hall–Kier alpha value is -3.11. The van der Waals surface area contributed by atoms with Crippen LogP contribution in [0.4, 0.5) is 5.82 Å². The van der Waals surface area contributed by atoms with Crippen LogP contribution in [-0.2, 0) is 16.1 Å². The van der Waals surface area contributed by atoms with Gasteiger partial charge in [-0.1, -0.05) is 5.16 Å². The summed E-state index contributed by atoms with van der Waals surface area (Å²) in [6.45, 7) is 1.65. The van der Waals surface area contributed by atoms with Gasteiger partial charge in [0.2, 0.25) is 11.7 Å². The van der Waals surface area contributed by atoms with Crippen molar-refractivity contribution in [2.24, 2.45) is 0 Å². The van der Waals surface area contributed by atoms with Crippen LogP contribution in [0.3, 0.4) is 0 Å². The van der Waals surface area contributed by atoms with Gasteiger partial charge in [0.05, 0.1) is 12.6 Å². The van der Waals surface area contributed by atoms with Gasteiger partial charge in [-0.3, -0.25) is 9.69 Å². The molecule has 0 unspecified atom stereocenters. The van der Waals surface area contributed by atoms with E-state index < -0.39 is 0 Å². The van der Waals surface area contributed by atoms with Gasteiger partial charge in [0.15, 0.2) is 0 Å². The van der Waals surface area contributed by atoms with Crippen molar-refractivity contribution in [2.75, 3.05) is 25.6 Å². The molecule has 0 saturated carbocycles. The Balaban J connectivity index is 1.44. The molecule has 28 heavy (non-hydrogen) atoms. The number of H-pyrrole nitrogens is 1. The molecule has 10 heteroatoms. The molecule has 1 fully saturated rings. The van der Waals surface area contributed by atoms with Crippen LogP contribution in [-0.4, -0.2) is 56.2 Å². The normalized spacial score (nSPS) is 17.1. The molecule has 1 amide bonds. The van der Waals surface area contributed by atoms with Crippen molar-refractivity contribution in [3.63, 3.8) is 0 Å². The molecule has 0 aliphatic carbocycles. The highest BCUT2D eigenvalue weighted by atomic mass is 16.5. The van der Waals surface area contributed by atoms with E-state index in [0.717, 1.165) is 30.8 Å². The van der Waals surface area contributed by atoms with Crippen LogP contribution < -0.4 is 5.32 Å². The average molecular weight is 383 g/mol. The summed E-state index contributed by atoms with van der Waals surface area (Å²) in [6.07, 6.45) is 7.21. The van der Waals surface area contributed by atoms with Crippen LogP contribution in [0.25, 0.3) is 11.4 Å². The van der Waals surface area contributed by atoms with Gasteiger partial charge in [-0.25, -0.2) is 9.97 Å². The summed E-state index contributed by atoms with van der Waals surface area (Å²) in [5.41, 5.74) is 0.718. The van der Waals surface area contributed by atoms with E-state index in [-0.39, 0.29) is 18.6 Å². The first kappa shape index (κ1) is 18.3. The minimum Gasteiger partial charge on any atom is -0.375 e. The molecule has 4 rings (SSSR count). The first-order chi connectivity index (χ1) is 13.7. The molecule has 0 bridgehead atoms. The molecule has 146 valence electrons. The summed E-state index contributed by atoms with van der Waals surface area (Å²) < 4.78 is 10.3. The van der Waals surface area contributed by atoms with E-state index in [0.29, 0.717) is 24.1 Å². The summed E-state index contributed by atoms with van der Waals surface area (Å²) >= 11 is 0. The number of imidazole rings is 1. The molecule has 1 aliphatic rings. The lowest BCUT2D eigenvalue weighted by molar-refractivity contribution is -0.119. The summed E-state index contributed by atoms with van der Waals surface area (Å²) in [5.74, 6) is 2.16. The van der Waals surface area contributed by atoms with Crippen LogP contribution >= 0.6 is 0 Å². The van der Waals surface area contributed by atoms with Gasteiger partial charge in [-0.05, 0) is 31.5 Å². The lowest BCUT2D eigenvalue weighted by atomic mass is 10.2. The topological polar surface area (TPSA) is 122 Å². The van der Waals surface area contributed by atoms with Crippen molar-refractivity contribution < 1.29 is 14.1 Å². The van der Waals surface area contributed by atoms with E-state index in [2.05, 4.69) is 35.3 Å². The summed E-state index contributed by atoms with van der Waals surface area (Å²) in [4.78, 5) is 30.0. The summed E-state index contributed by atoms with van der Waals surface area (Å²) in [7, 11) is 1.46. The quantitative estimate of drug-likeness (QED) is 0.633. The number of rotatable bonds is 7. The van der Waals surface area contributed by atoms with E-state index >= 15 is 0 Å². The van der Waals surface area contributed by atoms with Crippen molar-refractivity contribution in [1.82, 2.24) is 30.0 Å². The molecule has 0 spiro atoms. The van der Waals surface area contributed by atoms with E-state index in [1.165, 1.54) is 7.11 Å². The number of anilines is 1. The van der Waals surface area contributed by atoms with Crippen molar-refractivity contribution >= 4 is 11.7 Å². The number of hydrogen-bond acceptors (Lipinski definition) is 8. The number of aromatic nitrogens is 5. The predicted molar refractivity (Wildman–Crippen MR) is 99.0 cm³/mol. The maximum Gasteiger partial charge on any atom is 0.251 e. The maximum absolute atomic E-state index is 11.5. The Morgan fingerprint density at radius 1 is 1.43 bits per heavy atom. The molecule has 4 heterocycles. The van der Waals surface area contributed by atoms with E-state index in [4.69, 9.17) is 9.26 Å². The number of carbonyl (C=O) groups excluding carboxylic acids is 1. The Labute approximate surface area is 161 Å². The van der Waals surface area contributed by atoms with Crippen LogP contribution in [0.2, 0.25) is 0 Å². The lowest BCUT2D eigenvalue weighted by Crippen LogP contribution is -2.23. The van der Waals surface area contributed by atoms with Crippen molar-refractivity contribution in [3.8, 4) is 11.4 Å². The number of pyridine rings is 1. The summed E-state index contributed by atoms with van der Waals surface area (Å²) in [6, 6.07) is 3.56. The number of nitrogens with zero attached hydrogens (tertiary/aromatic N) is 5. The molecular weight excluding hydrogens is 362 g/mol. The molecule has 1 aliphatic heterocycles. The number of methoxy groups -OCH3 is 1. The third-order valence-electron chi connectivity index (χ3n) is 4.56. The number of aromatic amines is 1. The molecular formula is C18H21N7O3. The fourth-order valence-corrected chi connectivity index (χ4v) is 3.27. The zero-order valence-corrected chi connectivity index (χ0v) is 15.5. The van der Waals surface area contributed by atoms with E-state index in [1.807, 2.05) is 6.20 Å². The predicted octanol–water partition coefficient (Wildman–Crippen LogP) is 1.78. The number of hydrogen-bond donors (Lipinski definition) is 2. The number of amides is 1. The molecule has 0 radical (unpaired) electrons. The SMILES string of the molecule is COCC(=O)Nc1ccc(-c2noc([C@@H]3CCCN3Cc3ncc[nH]3)n2)cn1. The Kier molecular flexibility index (Phi) is 5.40. The van der Waals surface area contributed by atoms with Gasteiger partial charge in [-0.2, -0.15) is 4.98 Å². The second kappa shape index (κ2) is 8.28. The maximum atomic E-state index is 11.5. The van der Waals surface area contributed by atoms with Crippen LogP contribution in [0.5, 0.6) is 0 Å². The van der Waals surface area contributed by atoms with Gasteiger partial charge in [-0.15, -0.1) is 0 Å². The van der Waals surface area contributed by atoms with Gasteiger partial charge in [0.25, 0.3) is 5.91 Å². The number of nitrogens with one attached hydrogen (secondary N) is 2. The minimum atomic E-state index is -0.262. The van der Waals surface area contributed by atoms with Crippen molar-refractivity contribution in [1.29, 1.82) is 0 Å². The van der Waals surface area contributed by atoms with Crippen LogP contribution in [0.15, 0.2) is 35.2 Å². The zero-order chi connectivity index (χ0) is 19.3. The average Bonchev–Trinajstić information content (AvgIpc) is 3.44. The Morgan fingerprint density at radius 2 is 2.36 bits per heavy atom. The van der Waals surface area contributed by atoms with Gasteiger partial charge in [0, 0.05) is 31.3 Å². The first-order valence-corrected chi connectivity index (χ1v) is 9.04. The highest BCUT2D eigenvalue weighted by Crippen LogP contribution is 2.32. The van der Waals surface area contributed by atoms with Crippen LogP contribution in [0.1, 0.15) is 30.6 Å². The third-order valence-corrected chi connectivity index (χ3v) is 4.56. The lowest BCUT2D eigenvalue weighted by Gasteiger charge is -2.19. The third kappa shape index (κ3) is 4.07. The first-order valence-electron chi connectivity index (χ1n) is 9.04. The number of carbonyl (C=O) groups is 1. The van der Waals surface area contributed by atoms with E-state index in [9.17, 15) is 4.79 Å². The zero-order valence-electron chi connectivity index (χ0n) is 15.5. The molecule has 1 atom stereocenters. The Morgan fingerprint density at radius 3 is 3.11 bits per heavy atom.